The highest BCUT2D eigenvalue weighted by Gasteiger charge is 2.30. The van der Waals surface area contributed by atoms with Crippen molar-refractivity contribution in [2.45, 2.75) is 52.6 Å². The highest BCUT2D eigenvalue weighted by Crippen LogP contribution is 2.28. The van der Waals surface area contributed by atoms with Crippen molar-refractivity contribution in [1.82, 2.24) is 14.8 Å². The molecule has 2 atom stereocenters. The lowest BCUT2D eigenvalue weighted by molar-refractivity contribution is 0.0317. The van der Waals surface area contributed by atoms with Gasteiger partial charge in [0.25, 0.3) is 5.88 Å². The third-order valence-corrected chi connectivity index (χ3v) is 5.37. The second kappa shape index (κ2) is 9.20. The Morgan fingerprint density at radius 1 is 0.963 bits per heavy atom. The van der Waals surface area contributed by atoms with Crippen LogP contribution in [0.2, 0.25) is 0 Å². The van der Waals surface area contributed by atoms with Gasteiger partial charge < -0.3 is 9.47 Å². The summed E-state index contributed by atoms with van der Waals surface area (Å²) in [6, 6.07) is 3.79. The molecule has 5 nitrogen and oxygen atoms in total. The van der Waals surface area contributed by atoms with Gasteiger partial charge in [-0.2, -0.15) is 9.37 Å². The molecule has 2 aliphatic rings. The van der Waals surface area contributed by atoms with Crippen molar-refractivity contribution in [2.75, 3.05) is 39.4 Å². The standard InChI is InChI=1S/C21H34FN3O2/c1-15(2)11-24-9-7-17(24)13-26-19-5-6-20(22)23-21(19)27-14-18-8-10-25(18)12-16(3)4/h5-6,15-18H,7-14H2,1-4H3/t17-,18-/m1/s1. The van der Waals surface area contributed by atoms with Gasteiger partial charge in [-0.15, -0.1) is 0 Å². The molecule has 152 valence electrons. The van der Waals surface area contributed by atoms with Gasteiger partial charge in [-0.05, 0) is 36.8 Å². The number of likely N-dealkylation sites (tertiary alicyclic amines) is 2. The molecule has 6 heteroatoms. The lowest BCUT2D eigenvalue weighted by atomic mass is 10.0. The van der Waals surface area contributed by atoms with Crippen LogP contribution in [-0.2, 0) is 0 Å². The summed E-state index contributed by atoms with van der Waals surface area (Å²) in [5.74, 6) is 1.57. The van der Waals surface area contributed by atoms with Crippen LogP contribution in [-0.4, -0.2) is 66.3 Å². The maximum atomic E-state index is 13.6. The summed E-state index contributed by atoms with van der Waals surface area (Å²) < 4.78 is 25.5. The summed E-state index contributed by atoms with van der Waals surface area (Å²) in [4.78, 5) is 8.80. The topological polar surface area (TPSA) is 37.8 Å². The van der Waals surface area contributed by atoms with Gasteiger partial charge in [0.15, 0.2) is 5.75 Å². The van der Waals surface area contributed by atoms with E-state index < -0.39 is 5.95 Å². The molecule has 0 N–H and O–H groups in total. The fourth-order valence-corrected chi connectivity index (χ4v) is 3.76. The Hall–Kier alpha value is -1.40. The summed E-state index contributed by atoms with van der Waals surface area (Å²) in [7, 11) is 0. The predicted molar refractivity (Wildman–Crippen MR) is 105 cm³/mol. The molecule has 0 amide bonds. The Morgan fingerprint density at radius 2 is 1.52 bits per heavy atom. The van der Waals surface area contributed by atoms with E-state index in [0.29, 0.717) is 42.9 Å². The van der Waals surface area contributed by atoms with E-state index in [-0.39, 0.29) is 5.88 Å². The van der Waals surface area contributed by atoms with Gasteiger partial charge in [-0.1, -0.05) is 27.7 Å². The zero-order valence-corrected chi connectivity index (χ0v) is 17.2. The molecule has 0 aromatic carbocycles. The van der Waals surface area contributed by atoms with Crippen molar-refractivity contribution < 1.29 is 13.9 Å². The van der Waals surface area contributed by atoms with Crippen molar-refractivity contribution in [1.29, 1.82) is 0 Å². The van der Waals surface area contributed by atoms with Crippen molar-refractivity contribution >= 4 is 0 Å². The van der Waals surface area contributed by atoms with Gasteiger partial charge in [0.1, 0.15) is 13.2 Å². The quantitative estimate of drug-likeness (QED) is 0.582. The smallest absolute Gasteiger partial charge is 0.259 e. The average molecular weight is 380 g/mol. The molecule has 2 fully saturated rings. The number of nitrogens with zero attached hydrogens (tertiary/aromatic N) is 3. The molecule has 0 unspecified atom stereocenters. The van der Waals surface area contributed by atoms with E-state index in [1.165, 1.54) is 6.07 Å². The number of pyridine rings is 1. The van der Waals surface area contributed by atoms with Crippen molar-refractivity contribution in [2.24, 2.45) is 11.8 Å². The van der Waals surface area contributed by atoms with Crippen LogP contribution in [0.1, 0.15) is 40.5 Å². The minimum absolute atomic E-state index is 0.279. The summed E-state index contributed by atoms with van der Waals surface area (Å²) in [6.45, 7) is 14.4. The minimum atomic E-state index is -0.532. The molecule has 0 radical (unpaired) electrons. The molecule has 3 rings (SSSR count). The van der Waals surface area contributed by atoms with Gasteiger partial charge in [0, 0.05) is 38.3 Å². The minimum Gasteiger partial charge on any atom is -0.486 e. The predicted octanol–water partition coefficient (Wildman–Crippen LogP) is 3.44. The van der Waals surface area contributed by atoms with Crippen LogP contribution < -0.4 is 9.47 Å². The number of ether oxygens (including phenoxy) is 2. The Balaban J connectivity index is 1.52. The van der Waals surface area contributed by atoms with E-state index in [0.717, 1.165) is 39.0 Å². The molecule has 27 heavy (non-hydrogen) atoms. The van der Waals surface area contributed by atoms with Gasteiger partial charge >= 0.3 is 0 Å². The van der Waals surface area contributed by atoms with Crippen LogP contribution in [0.4, 0.5) is 4.39 Å². The van der Waals surface area contributed by atoms with Crippen LogP contribution >= 0.6 is 0 Å². The molecule has 0 aliphatic carbocycles. The largest absolute Gasteiger partial charge is 0.486 e. The number of hydrogen-bond donors (Lipinski definition) is 0. The van der Waals surface area contributed by atoms with Crippen LogP contribution in [0.15, 0.2) is 12.1 Å². The Bertz CT molecular complexity index is 611. The monoisotopic (exact) mass is 379 g/mol. The molecular formula is C21H34FN3O2. The van der Waals surface area contributed by atoms with Gasteiger partial charge in [0.05, 0.1) is 0 Å². The third kappa shape index (κ3) is 5.55. The van der Waals surface area contributed by atoms with Crippen molar-refractivity contribution in [3.8, 4) is 11.6 Å². The molecule has 0 saturated carbocycles. The summed E-state index contributed by atoms with van der Waals surface area (Å²) in [5.41, 5.74) is 0. The Labute approximate surface area is 162 Å². The van der Waals surface area contributed by atoms with Crippen LogP contribution in [0.5, 0.6) is 11.6 Å². The first-order valence-corrected chi connectivity index (χ1v) is 10.3. The lowest BCUT2D eigenvalue weighted by Gasteiger charge is -2.42. The summed E-state index contributed by atoms with van der Waals surface area (Å²) >= 11 is 0. The highest BCUT2D eigenvalue weighted by molar-refractivity contribution is 5.33. The Kier molecular flexibility index (Phi) is 6.93. The zero-order chi connectivity index (χ0) is 19.4. The number of halogens is 1. The van der Waals surface area contributed by atoms with E-state index in [4.69, 9.17) is 9.47 Å². The average Bonchev–Trinajstić information content (AvgIpc) is 2.57. The zero-order valence-electron chi connectivity index (χ0n) is 17.2. The second-order valence-corrected chi connectivity index (χ2v) is 8.72. The van der Waals surface area contributed by atoms with E-state index in [1.54, 1.807) is 6.07 Å². The maximum Gasteiger partial charge on any atom is 0.259 e. The van der Waals surface area contributed by atoms with E-state index in [9.17, 15) is 4.39 Å². The van der Waals surface area contributed by atoms with Gasteiger partial charge in [-0.25, -0.2) is 0 Å². The first kappa shape index (κ1) is 20.3. The molecule has 2 saturated heterocycles. The SMILES string of the molecule is CC(C)CN1CC[C@@H]1COc1ccc(F)nc1OC[C@H]1CCN1CC(C)C. The number of hydrogen-bond acceptors (Lipinski definition) is 5. The second-order valence-electron chi connectivity index (χ2n) is 8.72. The van der Waals surface area contributed by atoms with Gasteiger partial charge in [-0.3, -0.25) is 9.80 Å². The molecule has 3 heterocycles. The van der Waals surface area contributed by atoms with Crippen LogP contribution in [0.25, 0.3) is 0 Å². The van der Waals surface area contributed by atoms with Gasteiger partial charge in [0.2, 0.25) is 5.95 Å². The number of rotatable bonds is 10. The van der Waals surface area contributed by atoms with Crippen LogP contribution in [0, 0.1) is 17.8 Å². The lowest BCUT2D eigenvalue weighted by Crippen LogP contribution is -2.52. The van der Waals surface area contributed by atoms with Crippen molar-refractivity contribution in [3.05, 3.63) is 18.1 Å². The van der Waals surface area contributed by atoms with E-state index in [2.05, 4.69) is 42.5 Å². The first-order chi connectivity index (χ1) is 12.9. The molecular weight excluding hydrogens is 345 g/mol. The van der Waals surface area contributed by atoms with Crippen molar-refractivity contribution in [3.63, 3.8) is 0 Å². The molecule has 1 aromatic heterocycles. The Morgan fingerprint density at radius 3 is 2.00 bits per heavy atom. The fourth-order valence-electron chi connectivity index (χ4n) is 3.76. The fraction of sp³-hybridized carbons (Fsp3) is 0.762. The molecule has 2 aliphatic heterocycles. The maximum absolute atomic E-state index is 13.6. The molecule has 0 spiro atoms. The van der Waals surface area contributed by atoms with E-state index >= 15 is 0 Å². The molecule has 1 aromatic rings. The van der Waals surface area contributed by atoms with Crippen LogP contribution in [0.3, 0.4) is 0 Å². The first-order valence-electron chi connectivity index (χ1n) is 10.3. The molecule has 0 bridgehead atoms. The normalized spacial score (nSPS) is 23.4. The summed E-state index contributed by atoms with van der Waals surface area (Å²) in [5, 5.41) is 0. The number of aromatic nitrogens is 1. The van der Waals surface area contributed by atoms with E-state index in [1.807, 2.05) is 0 Å². The highest BCUT2D eigenvalue weighted by atomic mass is 19.1. The third-order valence-electron chi connectivity index (χ3n) is 5.37. The summed E-state index contributed by atoms with van der Waals surface area (Å²) in [6.07, 6.45) is 2.26.